The summed E-state index contributed by atoms with van der Waals surface area (Å²) in [5.41, 5.74) is 1.24. The molecule has 3 rings (SSSR count). The number of halogens is 3. The third-order valence-electron chi connectivity index (χ3n) is 4.36. The molecule has 158 valence electrons. The summed E-state index contributed by atoms with van der Waals surface area (Å²) in [6.45, 7) is 2.83. The monoisotopic (exact) mass is 416 g/mol. The van der Waals surface area contributed by atoms with Crippen LogP contribution in [0.25, 0.3) is 11.3 Å². The maximum absolute atomic E-state index is 13.2. The van der Waals surface area contributed by atoms with Crippen molar-refractivity contribution in [3.05, 3.63) is 59.9 Å². The first-order chi connectivity index (χ1) is 14.2. The fourth-order valence-electron chi connectivity index (χ4n) is 2.81. The summed E-state index contributed by atoms with van der Waals surface area (Å²) in [6.07, 6.45) is -1.12. The topological polar surface area (TPSA) is 66.0 Å². The normalized spacial score (nSPS) is 11.6. The summed E-state index contributed by atoms with van der Waals surface area (Å²) in [5, 5.41) is 6.13. The fourth-order valence-corrected chi connectivity index (χ4v) is 2.81. The van der Waals surface area contributed by atoms with Gasteiger partial charge in [-0.05, 0) is 50.8 Å². The Bertz CT molecular complexity index is 990. The second-order valence-corrected chi connectivity index (χ2v) is 7.08. The van der Waals surface area contributed by atoms with Gasteiger partial charge in [0.05, 0.1) is 11.3 Å². The number of likely N-dealkylation sites (N-methyl/N-ethyl adjacent to an activating group) is 1. The van der Waals surface area contributed by atoms with Crippen molar-refractivity contribution in [3.63, 3.8) is 0 Å². The molecule has 0 saturated carbocycles. The van der Waals surface area contributed by atoms with Crippen molar-refractivity contribution in [3.8, 4) is 11.3 Å². The van der Waals surface area contributed by atoms with Gasteiger partial charge in [0.2, 0.25) is 5.95 Å². The number of nitrogens with zero attached hydrogens (tertiary/aromatic N) is 4. The van der Waals surface area contributed by atoms with Gasteiger partial charge < -0.3 is 15.5 Å². The molecule has 0 atom stereocenters. The second kappa shape index (κ2) is 9.08. The maximum Gasteiger partial charge on any atom is 0.416 e. The molecular weight excluding hydrogens is 393 g/mol. The van der Waals surface area contributed by atoms with E-state index in [0.717, 1.165) is 18.2 Å². The van der Waals surface area contributed by atoms with E-state index in [4.69, 9.17) is 0 Å². The predicted octanol–water partition coefficient (Wildman–Crippen LogP) is 4.58. The fraction of sp³-hybridized carbons (Fsp3) is 0.286. The Morgan fingerprint density at radius 2 is 1.73 bits per heavy atom. The molecule has 30 heavy (non-hydrogen) atoms. The largest absolute Gasteiger partial charge is 0.416 e. The quantitative estimate of drug-likeness (QED) is 0.588. The van der Waals surface area contributed by atoms with Gasteiger partial charge in [-0.25, -0.2) is 4.98 Å². The minimum absolute atomic E-state index is 0.166. The Labute approximate surface area is 173 Å². The second-order valence-electron chi connectivity index (χ2n) is 7.08. The number of hydrogen-bond acceptors (Lipinski definition) is 6. The zero-order chi connectivity index (χ0) is 21.7. The highest BCUT2D eigenvalue weighted by molar-refractivity contribution is 5.67. The molecule has 3 aromatic rings. The lowest BCUT2D eigenvalue weighted by molar-refractivity contribution is -0.138. The van der Waals surface area contributed by atoms with Crippen LogP contribution in [0.4, 0.5) is 30.6 Å². The third-order valence-corrected chi connectivity index (χ3v) is 4.36. The van der Waals surface area contributed by atoms with Gasteiger partial charge in [-0.15, -0.1) is 0 Å². The van der Waals surface area contributed by atoms with Gasteiger partial charge in [0.25, 0.3) is 0 Å². The summed E-state index contributed by atoms with van der Waals surface area (Å²) < 4.78 is 39.7. The van der Waals surface area contributed by atoms with E-state index < -0.39 is 11.7 Å². The Morgan fingerprint density at radius 3 is 2.40 bits per heavy atom. The smallest absolute Gasteiger partial charge is 0.353 e. The Balaban J connectivity index is 1.93. The highest BCUT2D eigenvalue weighted by atomic mass is 19.4. The third kappa shape index (κ3) is 5.66. The van der Waals surface area contributed by atoms with Crippen molar-refractivity contribution in [2.45, 2.75) is 13.1 Å². The highest BCUT2D eigenvalue weighted by Gasteiger charge is 2.32. The van der Waals surface area contributed by atoms with Crippen LogP contribution in [0.2, 0.25) is 0 Å². The number of rotatable bonds is 7. The number of benzene rings is 1. The van der Waals surface area contributed by atoms with Gasteiger partial charge in [-0.2, -0.15) is 18.2 Å². The van der Waals surface area contributed by atoms with E-state index in [-0.39, 0.29) is 5.56 Å². The lowest BCUT2D eigenvalue weighted by Gasteiger charge is -2.15. The number of anilines is 3. The molecule has 0 aliphatic rings. The molecule has 0 aliphatic heterocycles. The number of aryl methyl sites for hydroxylation is 1. The van der Waals surface area contributed by atoms with Gasteiger partial charge in [0.15, 0.2) is 0 Å². The van der Waals surface area contributed by atoms with Crippen molar-refractivity contribution in [2.24, 2.45) is 0 Å². The molecule has 2 aromatic heterocycles. The molecule has 0 amide bonds. The average Bonchev–Trinajstić information content (AvgIpc) is 2.69. The Morgan fingerprint density at radius 1 is 1.00 bits per heavy atom. The number of pyridine rings is 1. The molecule has 0 radical (unpaired) electrons. The zero-order valence-electron chi connectivity index (χ0n) is 17.0. The maximum atomic E-state index is 13.2. The summed E-state index contributed by atoms with van der Waals surface area (Å²) >= 11 is 0. The highest BCUT2D eigenvalue weighted by Crippen LogP contribution is 2.34. The molecule has 1 aromatic carbocycles. The van der Waals surface area contributed by atoms with Gasteiger partial charge in [-0.3, -0.25) is 4.98 Å². The van der Waals surface area contributed by atoms with Crippen LogP contribution in [0, 0.1) is 6.92 Å². The van der Waals surface area contributed by atoms with Crippen LogP contribution < -0.4 is 10.6 Å². The predicted molar refractivity (Wildman–Crippen MR) is 112 cm³/mol. The molecule has 0 aliphatic carbocycles. The van der Waals surface area contributed by atoms with Gasteiger partial charge >= 0.3 is 6.18 Å². The summed E-state index contributed by atoms with van der Waals surface area (Å²) in [6, 6.07) is 9.43. The lowest BCUT2D eigenvalue weighted by Crippen LogP contribution is -2.21. The minimum atomic E-state index is -4.42. The van der Waals surface area contributed by atoms with E-state index in [9.17, 15) is 13.2 Å². The standard InChI is InChI=1S/C21H23F3N6/c1-14-4-5-16(12-17(14)21(22,23)24)27-19-13-18(15-6-8-25-9-7-15)28-20(29-19)26-10-11-30(2)3/h4-9,12-13H,10-11H2,1-3H3,(H2,26,27,28,29). The van der Waals surface area contributed by atoms with Crippen LogP contribution in [0.15, 0.2) is 48.8 Å². The Kier molecular flexibility index (Phi) is 6.51. The molecule has 0 fully saturated rings. The molecular formula is C21H23F3N6. The van der Waals surface area contributed by atoms with Crippen molar-refractivity contribution in [1.29, 1.82) is 0 Å². The van der Waals surface area contributed by atoms with E-state index in [2.05, 4.69) is 25.6 Å². The van der Waals surface area contributed by atoms with Crippen molar-refractivity contribution in [2.75, 3.05) is 37.8 Å². The first kappa shape index (κ1) is 21.5. The van der Waals surface area contributed by atoms with Crippen molar-refractivity contribution < 1.29 is 13.2 Å². The zero-order valence-corrected chi connectivity index (χ0v) is 17.0. The number of hydrogen-bond donors (Lipinski definition) is 2. The van der Waals surface area contributed by atoms with Crippen LogP contribution in [-0.4, -0.2) is 47.0 Å². The van der Waals surface area contributed by atoms with E-state index >= 15 is 0 Å². The lowest BCUT2D eigenvalue weighted by atomic mass is 10.1. The minimum Gasteiger partial charge on any atom is -0.353 e. The van der Waals surface area contributed by atoms with Gasteiger partial charge in [0.1, 0.15) is 5.82 Å². The van der Waals surface area contributed by atoms with Crippen molar-refractivity contribution >= 4 is 17.5 Å². The molecule has 0 bridgehead atoms. The summed E-state index contributed by atoms with van der Waals surface area (Å²) in [4.78, 5) is 15.0. The van der Waals surface area contributed by atoms with Crippen LogP contribution in [0.3, 0.4) is 0 Å². The van der Waals surface area contributed by atoms with Crippen LogP contribution in [0.5, 0.6) is 0 Å². The van der Waals surface area contributed by atoms with Crippen LogP contribution >= 0.6 is 0 Å². The number of alkyl halides is 3. The molecule has 2 N–H and O–H groups in total. The number of nitrogens with one attached hydrogen (secondary N) is 2. The average molecular weight is 416 g/mol. The van der Waals surface area contributed by atoms with Gasteiger partial charge in [0, 0.05) is 42.8 Å². The molecule has 0 spiro atoms. The SMILES string of the molecule is Cc1ccc(Nc2cc(-c3ccncc3)nc(NCCN(C)C)n2)cc1C(F)(F)F. The number of aromatic nitrogens is 3. The molecule has 9 heteroatoms. The summed E-state index contributed by atoms with van der Waals surface area (Å²) in [7, 11) is 3.91. The molecule has 2 heterocycles. The van der Waals surface area contributed by atoms with E-state index in [1.165, 1.54) is 13.0 Å². The van der Waals surface area contributed by atoms with Crippen molar-refractivity contribution in [1.82, 2.24) is 19.9 Å². The van der Waals surface area contributed by atoms with E-state index in [1.807, 2.05) is 31.1 Å². The van der Waals surface area contributed by atoms with E-state index in [0.29, 0.717) is 29.7 Å². The van der Waals surface area contributed by atoms with Crippen LogP contribution in [-0.2, 0) is 6.18 Å². The Hall–Kier alpha value is -3.20. The first-order valence-electron chi connectivity index (χ1n) is 9.35. The summed E-state index contributed by atoms with van der Waals surface area (Å²) in [5.74, 6) is 0.776. The first-order valence-corrected chi connectivity index (χ1v) is 9.35. The molecule has 0 saturated heterocycles. The van der Waals surface area contributed by atoms with Crippen LogP contribution in [0.1, 0.15) is 11.1 Å². The van der Waals surface area contributed by atoms with Gasteiger partial charge in [-0.1, -0.05) is 6.07 Å². The molecule has 0 unspecified atom stereocenters. The van der Waals surface area contributed by atoms with E-state index in [1.54, 1.807) is 24.5 Å². The molecule has 6 nitrogen and oxygen atoms in total.